The zero-order chi connectivity index (χ0) is 16.9. The maximum absolute atomic E-state index is 12.9. The highest BCUT2D eigenvalue weighted by atomic mass is 19.3. The average Bonchev–Trinajstić information content (AvgIpc) is 2.98. The molecule has 6 heteroatoms. The molecule has 2 fully saturated rings. The van der Waals surface area contributed by atoms with Crippen LogP contribution in [0.1, 0.15) is 31.2 Å². The zero-order valence-corrected chi connectivity index (χ0v) is 13.8. The van der Waals surface area contributed by atoms with E-state index in [0.717, 1.165) is 31.5 Å². The van der Waals surface area contributed by atoms with Gasteiger partial charge in [-0.3, -0.25) is 4.90 Å². The van der Waals surface area contributed by atoms with Gasteiger partial charge in [0, 0.05) is 25.2 Å². The number of piperidine rings is 1. The van der Waals surface area contributed by atoms with Gasteiger partial charge in [-0.15, -0.1) is 0 Å². The van der Waals surface area contributed by atoms with Gasteiger partial charge in [-0.1, -0.05) is 36.8 Å². The van der Waals surface area contributed by atoms with Crippen LogP contribution in [-0.4, -0.2) is 54.0 Å². The van der Waals surface area contributed by atoms with Gasteiger partial charge < -0.3 is 10.2 Å². The van der Waals surface area contributed by atoms with E-state index in [1.54, 1.807) is 0 Å². The maximum atomic E-state index is 12.9. The van der Waals surface area contributed by atoms with Crippen LogP contribution < -0.4 is 5.32 Å². The molecule has 0 aliphatic carbocycles. The Kier molecular flexibility index (Phi) is 5.66. The normalized spacial score (nSPS) is 24.0. The number of benzene rings is 1. The second-order valence-electron chi connectivity index (χ2n) is 6.70. The van der Waals surface area contributed by atoms with Gasteiger partial charge in [0.15, 0.2) is 0 Å². The quantitative estimate of drug-likeness (QED) is 0.896. The predicted octanol–water partition coefficient (Wildman–Crippen LogP) is 3.09. The van der Waals surface area contributed by atoms with E-state index in [1.165, 1.54) is 17.7 Å². The first-order valence-corrected chi connectivity index (χ1v) is 8.75. The van der Waals surface area contributed by atoms with Crippen molar-refractivity contribution < 1.29 is 13.6 Å². The third kappa shape index (κ3) is 4.23. The Balaban J connectivity index is 1.62. The summed E-state index contributed by atoms with van der Waals surface area (Å²) in [5.41, 5.74) is 0.860. The summed E-state index contributed by atoms with van der Waals surface area (Å²) < 4.78 is 25.8. The van der Waals surface area contributed by atoms with Crippen LogP contribution in [0, 0.1) is 0 Å². The van der Waals surface area contributed by atoms with Crippen LogP contribution in [0.4, 0.5) is 13.6 Å². The lowest BCUT2D eigenvalue weighted by Crippen LogP contribution is -2.51. The molecule has 2 aliphatic rings. The van der Waals surface area contributed by atoms with Gasteiger partial charge in [-0.25, -0.2) is 13.6 Å². The molecule has 1 aromatic carbocycles. The van der Waals surface area contributed by atoms with Gasteiger partial charge in [0.1, 0.15) is 0 Å². The lowest BCUT2D eigenvalue weighted by atomic mass is 9.99. The van der Waals surface area contributed by atoms with E-state index >= 15 is 0 Å². The first-order valence-electron chi connectivity index (χ1n) is 8.75. The highest BCUT2D eigenvalue weighted by Gasteiger charge is 2.37. The molecule has 2 heterocycles. The fraction of sp³-hybridized carbons (Fsp3) is 0.611. The van der Waals surface area contributed by atoms with Gasteiger partial charge in [0.05, 0.1) is 6.54 Å². The molecule has 3 rings (SSSR count). The molecule has 2 atom stereocenters. The molecule has 132 valence electrons. The number of halogens is 2. The monoisotopic (exact) mass is 337 g/mol. The van der Waals surface area contributed by atoms with Crippen molar-refractivity contribution in [2.75, 3.05) is 19.6 Å². The van der Waals surface area contributed by atoms with Crippen molar-refractivity contribution in [3.8, 4) is 0 Å². The number of amides is 2. The first kappa shape index (κ1) is 17.1. The van der Waals surface area contributed by atoms with E-state index in [2.05, 4.69) is 10.2 Å². The van der Waals surface area contributed by atoms with Gasteiger partial charge >= 0.3 is 6.03 Å². The lowest BCUT2D eigenvalue weighted by Gasteiger charge is -2.33. The molecule has 1 aromatic rings. The Labute approximate surface area is 141 Å². The standard InChI is InChI=1S/C18H25F2N3O/c19-17(20)13-23(12-14-6-2-1-3-7-14)18(24)21-15-9-11-22-10-5-4-8-16(15)22/h1-3,6-7,15-17H,4-5,8-13H2,(H,21,24)/t15-,16+/m0/s1. The summed E-state index contributed by atoms with van der Waals surface area (Å²) in [6.07, 6.45) is 1.85. The molecular weight excluding hydrogens is 312 g/mol. The molecular formula is C18H25F2N3O. The van der Waals surface area contributed by atoms with Crippen LogP contribution in [0.3, 0.4) is 0 Å². The van der Waals surface area contributed by atoms with Crippen LogP contribution in [0.5, 0.6) is 0 Å². The van der Waals surface area contributed by atoms with Gasteiger partial charge in [-0.2, -0.15) is 0 Å². The first-order chi connectivity index (χ1) is 11.6. The summed E-state index contributed by atoms with van der Waals surface area (Å²) in [4.78, 5) is 16.2. The SMILES string of the molecule is O=C(N[C@H]1CCN2CCCC[C@H]12)N(Cc1ccccc1)CC(F)F. The zero-order valence-electron chi connectivity index (χ0n) is 13.8. The molecule has 0 radical (unpaired) electrons. The largest absolute Gasteiger partial charge is 0.334 e. The number of nitrogens with one attached hydrogen (secondary N) is 1. The molecule has 1 N–H and O–H groups in total. The summed E-state index contributed by atoms with van der Waals surface area (Å²) in [7, 11) is 0. The van der Waals surface area contributed by atoms with Crippen molar-refractivity contribution in [3.63, 3.8) is 0 Å². The van der Waals surface area contributed by atoms with E-state index in [9.17, 15) is 13.6 Å². The molecule has 0 spiro atoms. The van der Waals surface area contributed by atoms with Crippen molar-refractivity contribution in [2.24, 2.45) is 0 Å². The van der Waals surface area contributed by atoms with Crippen molar-refractivity contribution in [1.82, 2.24) is 15.1 Å². The fourth-order valence-electron chi connectivity index (χ4n) is 3.86. The van der Waals surface area contributed by atoms with Crippen LogP contribution in [-0.2, 0) is 6.54 Å². The highest BCUT2D eigenvalue weighted by molar-refractivity contribution is 5.74. The molecule has 0 unspecified atom stereocenters. The lowest BCUT2D eigenvalue weighted by molar-refractivity contribution is 0.0933. The molecule has 2 amide bonds. The molecule has 0 bridgehead atoms. The summed E-state index contributed by atoms with van der Waals surface area (Å²) in [5, 5.41) is 3.02. The van der Waals surface area contributed by atoms with E-state index in [1.807, 2.05) is 30.3 Å². The van der Waals surface area contributed by atoms with Crippen molar-refractivity contribution in [2.45, 2.75) is 50.7 Å². The Bertz CT molecular complexity index is 540. The minimum atomic E-state index is -2.53. The number of alkyl halides is 2. The third-order valence-electron chi connectivity index (χ3n) is 5.03. The number of nitrogens with zero attached hydrogens (tertiary/aromatic N) is 2. The smallest absolute Gasteiger partial charge is 0.318 e. The summed E-state index contributed by atoms with van der Waals surface area (Å²) in [6, 6.07) is 9.35. The second kappa shape index (κ2) is 7.92. The number of hydrogen-bond donors (Lipinski definition) is 1. The molecule has 0 saturated carbocycles. The Hall–Kier alpha value is -1.69. The number of fused-ring (bicyclic) bond motifs is 1. The Morgan fingerprint density at radius 2 is 2.00 bits per heavy atom. The average molecular weight is 337 g/mol. The molecule has 24 heavy (non-hydrogen) atoms. The predicted molar refractivity (Wildman–Crippen MR) is 89.0 cm³/mol. The number of urea groups is 1. The molecule has 2 aliphatic heterocycles. The van der Waals surface area contributed by atoms with Crippen LogP contribution >= 0.6 is 0 Å². The van der Waals surface area contributed by atoms with Crippen molar-refractivity contribution in [3.05, 3.63) is 35.9 Å². The number of hydrogen-bond acceptors (Lipinski definition) is 2. The van der Waals surface area contributed by atoms with Gasteiger partial charge in [0.25, 0.3) is 6.43 Å². The number of rotatable bonds is 5. The van der Waals surface area contributed by atoms with E-state index < -0.39 is 13.0 Å². The van der Waals surface area contributed by atoms with E-state index in [4.69, 9.17) is 0 Å². The summed E-state index contributed by atoms with van der Waals surface area (Å²) >= 11 is 0. The maximum Gasteiger partial charge on any atom is 0.318 e. The number of carbonyl (C=O) groups excluding carboxylic acids is 1. The third-order valence-corrected chi connectivity index (χ3v) is 5.03. The van der Waals surface area contributed by atoms with E-state index in [-0.39, 0.29) is 18.6 Å². The molecule has 0 aromatic heterocycles. The molecule has 2 saturated heterocycles. The summed E-state index contributed by atoms with van der Waals surface area (Å²) in [6.45, 7) is 1.74. The molecule has 4 nitrogen and oxygen atoms in total. The van der Waals surface area contributed by atoms with Crippen molar-refractivity contribution >= 4 is 6.03 Å². The van der Waals surface area contributed by atoms with E-state index in [0.29, 0.717) is 6.04 Å². The minimum absolute atomic E-state index is 0.0775. The van der Waals surface area contributed by atoms with Crippen LogP contribution in [0.25, 0.3) is 0 Å². The van der Waals surface area contributed by atoms with Gasteiger partial charge in [0.2, 0.25) is 0 Å². The fourth-order valence-corrected chi connectivity index (χ4v) is 3.86. The second-order valence-corrected chi connectivity index (χ2v) is 6.70. The van der Waals surface area contributed by atoms with Crippen LogP contribution in [0.15, 0.2) is 30.3 Å². The van der Waals surface area contributed by atoms with Gasteiger partial charge in [-0.05, 0) is 31.4 Å². The number of carbonyl (C=O) groups is 1. The van der Waals surface area contributed by atoms with Crippen LogP contribution in [0.2, 0.25) is 0 Å². The summed E-state index contributed by atoms with van der Waals surface area (Å²) in [5.74, 6) is 0. The van der Waals surface area contributed by atoms with Crippen molar-refractivity contribution in [1.29, 1.82) is 0 Å². The Morgan fingerprint density at radius 1 is 1.21 bits per heavy atom. The minimum Gasteiger partial charge on any atom is -0.334 e. The Morgan fingerprint density at radius 3 is 2.75 bits per heavy atom. The topological polar surface area (TPSA) is 35.6 Å². The highest BCUT2D eigenvalue weighted by Crippen LogP contribution is 2.27.